The third-order valence-electron chi connectivity index (χ3n) is 5.00. The number of hydrogen-bond donors (Lipinski definition) is 4. The molecule has 0 bridgehead atoms. The highest BCUT2D eigenvalue weighted by molar-refractivity contribution is 7.98. The number of methoxy groups -OCH3 is 1. The summed E-state index contributed by atoms with van der Waals surface area (Å²) in [5, 5.41) is -5.00. The number of aromatic nitrogens is 4. The van der Waals surface area contributed by atoms with Crippen LogP contribution in [0.5, 0.6) is 0 Å². The number of alkyl halides is 2. The lowest BCUT2D eigenvalue weighted by Gasteiger charge is -2.25. The average molecular weight is 549 g/mol. The van der Waals surface area contributed by atoms with E-state index in [1.165, 1.54) is 29.8 Å². The highest BCUT2D eigenvalue weighted by Crippen LogP contribution is 2.73. The van der Waals surface area contributed by atoms with Crippen molar-refractivity contribution < 1.29 is 56.1 Å². The van der Waals surface area contributed by atoms with Crippen molar-refractivity contribution in [2.45, 2.75) is 41.6 Å². The van der Waals surface area contributed by atoms with Crippen molar-refractivity contribution in [1.29, 1.82) is 0 Å². The molecule has 15 nitrogen and oxygen atoms in total. The molecule has 2 aliphatic heterocycles. The molecular weight excluding hydrogens is 530 g/mol. The average Bonchev–Trinajstić information content (AvgIpc) is 3.44. The van der Waals surface area contributed by atoms with Crippen molar-refractivity contribution in [3.63, 3.8) is 0 Å². The van der Waals surface area contributed by atoms with Crippen molar-refractivity contribution in [2.75, 3.05) is 25.7 Å². The van der Waals surface area contributed by atoms with E-state index in [1.54, 1.807) is 6.26 Å². The van der Waals surface area contributed by atoms with Gasteiger partial charge >= 0.3 is 20.6 Å². The summed E-state index contributed by atoms with van der Waals surface area (Å²) in [4.78, 5) is 39.6. The largest absolute Gasteiger partial charge is 0.443 e. The first-order valence-corrected chi connectivity index (χ1v) is 13.7. The van der Waals surface area contributed by atoms with Crippen LogP contribution < -0.4 is 5.73 Å². The van der Waals surface area contributed by atoms with Crippen molar-refractivity contribution in [3.05, 3.63) is 6.33 Å². The first kappa shape index (κ1) is 25.8. The van der Waals surface area contributed by atoms with E-state index in [1.807, 2.05) is 0 Å². The van der Waals surface area contributed by atoms with Crippen LogP contribution in [0.3, 0.4) is 0 Å². The molecule has 2 fully saturated rings. The minimum Gasteiger partial charge on any atom is -0.382 e. The second-order valence-corrected chi connectivity index (χ2v) is 11.7. The van der Waals surface area contributed by atoms with Crippen molar-refractivity contribution in [3.8, 4) is 0 Å². The number of rotatable bonds is 8. The van der Waals surface area contributed by atoms with Crippen LogP contribution in [-0.2, 0) is 32.6 Å². The van der Waals surface area contributed by atoms with E-state index in [9.17, 15) is 22.8 Å². The van der Waals surface area contributed by atoms with Crippen molar-refractivity contribution in [2.24, 2.45) is 0 Å². The Morgan fingerprint density at radius 2 is 1.91 bits per heavy atom. The third-order valence-corrected chi connectivity index (χ3v) is 8.97. The molecule has 0 spiro atoms. The normalized spacial score (nSPS) is 29.4. The lowest BCUT2D eigenvalue weighted by Crippen LogP contribution is -2.32. The molecule has 0 amide bonds. The summed E-state index contributed by atoms with van der Waals surface area (Å²) in [6.07, 6.45) is -1.27. The highest BCUT2D eigenvalue weighted by Gasteiger charge is 2.65. The molecule has 0 aromatic carbocycles. The number of anilines is 1. The van der Waals surface area contributed by atoms with Gasteiger partial charge in [0.2, 0.25) is 0 Å². The molecule has 5 N–H and O–H groups in total. The topological polar surface area (TPSA) is 211 Å². The number of imidazole rings is 1. The molecule has 2 aromatic heterocycles. The van der Waals surface area contributed by atoms with E-state index in [4.69, 9.17) is 34.5 Å². The number of hydrogen-bond acceptors (Lipinski definition) is 12. The fourth-order valence-corrected chi connectivity index (χ4v) is 5.75. The van der Waals surface area contributed by atoms with E-state index >= 15 is 0 Å². The Kier molecular flexibility index (Phi) is 6.81. The third kappa shape index (κ3) is 4.26. The molecule has 34 heavy (non-hydrogen) atoms. The van der Waals surface area contributed by atoms with Crippen LogP contribution in [0.4, 0.5) is 14.6 Å². The highest BCUT2D eigenvalue weighted by atomic mass is 32.2. The molecule has 4 rings (SSSR count). The van der Waals surface area contributed by atoms with Gasteiger partial charge in [-0.15, -0.1) is 0 Å². The van der Waals surface area contributed by atoms with Gasteiger partial charge in [-0.2, -0.15) is 8.78 Å². The minimum atomic E-state index is -6.31. The van der Waals surface area contributed by atoms with Gasteiger partial charge in [0.05, 0.1) is 12.9 Å². The van der Waals surface area contributed by atoms with Crippen LogP contribution in [0.2, 0.25) is 0 Å². The predicted octanol–water partition coefficient (Wildman–Crippen LogP) is 0.672. The maximum atomic E-state index is 13.8. The molecule has 0 aliphatic carbocycles. The Bertz CT molecular complexity index is 1180. The standard InChI is InChI=1S/C14H19F2N5O10P2S/c1-27-13-30-7-5(3-28-33(25,26)14(15,16)32(22,23)24)29-11(8(7)31-13)21-4-18-6-9(17)19-12(34-2)20-10(6)21/h4-5,7-8,11,13H,3H2,1-2H3,(H,25,26)(H2,17,19,20)(H2,22,23,24)/t5-,7-,8-,11-,13?/m1/s1. The molecule has 2 unspecified atom stereocenters. The maximum Gasteiger partial charge on any atom is 0.443 e. The van der Waals surface area contributed by atoms with Crippen LogP contribution in [0.1, 0.15) is 6.23 Å². The molecule has 2 aromatic rings. The van der Waals surface area contributed by atoms with Crippen LogP contribution in [0, 0.1) is 0 Å². The molecule has 2 aliphatic rings. The number of fused-ring (bicyclic) bond motifs is 2. The summed E-state index contributed by atoms with van der Waals surface area (Å²) >= 11 is 1.22. The van der Waals surface area contributed by atoms with Gasteiger partial charge in [-0.05, 0) is 6.26 Å². The van der Waals surface area contributed by atoms with E-state index in [2.05, 4.69) is 19.5 Å². The smallest absolute Gasteiger partial charge is 0.382 e. The Labute approximate surface area is 193 Å². The fraction of sp³-hybridized carbons (Fsp3) is 0.643. The van der Waals surface area contributed by atoms with Gasteiger partial charge in [0.1, 0.15) is 23.8 Å². The predicted molar refractivity (Wildman–Crippen MR) is 109 cm³/mol. The second-order valence-electron chi connectivity index (χ2n) is 7.08. The van der Waals surface area contributed by atoms with E-state index in [-0.39, 0.29) is 17.0 Å². The summed E-state index contributed by atoms with van der Waals surface area (Å²) in [6, 6.07) is 0. The molecule has 0 radical (unpaired) electrons. The lowest BCUT2D eigenvalue weighted by atomic mass is 10.1. The minimum absolute atomic E-state index is 0.0989. The molecule has 190 valence electrons. The van der Waals surface area contributed by atoms with E-state index in [0.29, 0.717) is 5.16 Å². The Hall–Kier alpha value is -1.30. The summed E-state index contributed by atoms with van der Waals surface area (Å²) in [5.74, 6) is 0.0989. The van der Waals surface area contributed by atoms with Crippen molar-refractivity contribution >= 4 is 43.9 Å². The molecular formula is C14H19F2N5O10P2S. The van der Waals surface area contributed by atoms with Gasteiger partial charge in [0, 0.05) is 7.11 Å². The molecule has 20 heteroatoms. The zero-order valence-corrected chi connectivity index (χ0v) is 19.9. The number of thioether (sulfide) groups is 1. The summed E-state index contributed by atoms with van der Waals surface area (Å²) < 4.78 is 78.3. The second kappa shape index (κ2) is 8.97. The Balaban J connectivity index is 1.63. The molecule has 2 saturated heterocycles. The fourth-order valence-electron chi connectivity index (χ4n) is 3.39. The summed E-state index contributed by atoms with van der Waals surface area (Å²) in [7, 11) is -11.2. The van der Waals surface area contributed by atoms with Crippen LogP contribution in [0.15, 0.2) is 11.5 Å². The van der Waals surface area contributed by atoms with Crippen molar-refractivity contribution in [1.82, 2.24) is 19.5 Å². The number of nitrogens with zero attached hydrogens (tertiary/aromatic N) is 4. The Morgan fingerprint density at radius 1 is 1.24 bits per heavy atom. The number of halogens is 2. The summed E-state index contributed by atoms with van der Waals surface area (Å²) in [5.41, 5.74) is 6.43. The SMILES string of the molecule is COC1O[C@@H]2[C@H](O1)[C@@H](COP(=O)(O)C(F)(F)P(=O)(O)O)O[C@H]2n1cnc2c(N)nc(SC)nc21. The lowest BCUT2D eigenvalue weighted by molar-refractivity contribution is -0.256. The number of nitrogens with two attached hydrogens (primary N) is 1. The summed E-state index contributed by atoms with van der Waals surface area (Å²) in [6.45, 7) is -2.18. The zero-order valence-electron chi connectivity index (χ0n) is 17.3. The number of nitrogen functional groups attached to an aromatic ring is 1. The number of ether oxygens (including phenoxy) is 4. The first-order valence-electron chi connectivity index (χ1n) is 9.25. The van der Waals surface area contributed by atoms with Crippen LogP contribution in [0.25, 0.3) is 11.2 Å². The van der Waals surface area contributed by atoms with Gasteiger partial charge in [0.25, 0.3) is 6.48 Å². The monoisotopic (exact) mass is 549 g/mol. The van der Waals surface area contributed by atoms with Crippen LogP contribution in [-0.4, -0.2) is 84.4 Å². The van der Waals surface area contributed by atoms with Gasteiger partial charge in [0.15, 0.2) is 22.8 Å². The van der Waals surface area contributed by atoms with Gasteiger partial charge in [-0.1, -0.05) is 11.8 Å². The van der Waals surface area contributed by atoms with Gasteiger partial charge in [-0.3, -0.25) is 13.7 Å². The quantitative estimate of drug-likeness (QED) is 0.202. The zero-order chi connectivity index (χ0) is 25.1. The van der Waals surface area contributed by atoms with Crippen LogP contribution >= 0.6 is 27.0 Å². The first-order chi connectivity index (χ1) is 15.8. The van der Waals surface area contributed by atoms with Gasteiger partial charge in [-0.25, -0.2) is 15.0 Å². The molecule has 6 atom stereocenters. The van der Waals surface area contributed by atoms with Gasteiger partial charge < -0.3 is 43.9 Å². The Morgan fingerprint density at radius 3 is 2.53 bits per heavy atom. The molecule has 4 heterocycles. The maximum absolute atomic E-state index is 13.8. The molecule has 0 saturated carbocycles. The van der Waals surface area contributed by atoms with E-state index < -0.39 is 58.2 Å². The van der Waals surface area contributed by atoms with E-state index in [0.717, 1.165) is 0 Å².